The highest BCUT2D eigenvalue weighted by atomic mass is 16.7. The minimum absolute atomic E-state index is 0.0523. The molecule has 0 atom stereocenters. The van der Waals surface area contributed by atoms with Crippen LogP contribution in [0.3, 0.4) is 0 Å². The minimum atomic E-state index is -2.45. The van der Waals surface area contributed by atoms with Crippen molar-refractivity contribution >= 4 is 0 Å². The summed E-state index contributed by atoms with van der Waals surface area (Å²) in [6, 6.07) is 0. The summed E-state index contributed by atoms with van der Waals surface area (Å²) < 4.78 is 0. The molecule has 0 heterocycles. The third-order valence-electron chi connectivity index (χ3n) is 1.62. The Hall–Kier alpha value is -0.120. The summed E-state index contributed by atoms with van der Waals surface area (Å²) in [5.74, 6) is -2.45. The van der Waals surface area contributed by atoms with Gasteiger partial charge in [-0.25, -0.2) is 0 Å². The van der Waals surface area contributed by atoms with Gasteiger partial charge in [0.1, 0.15) is 0 Å². The van der Waals surface area contributed by atoms with Gasteiger partial charge >= 0.3 is 0 Å². The fraction of sp³-hybridized carbons (Fsp3) is 1.00. The van der Waals surface area contributed by atoms with Gasteiger partial charge in [-0.3, -0.25) is 0 Å². The monoisotopic (exact) mass is 162 g/mol. The van der Waals surface area contributed by atoms with Gasteiger partial charge in [0.25, 0.3) is 5.97 Å². The molecule has 11 heavy (non-hydrogen) atoms. The van der Waals surface area contributed by atoms with Crippen LogP contribution in [-0.4, -0.2) is 21.3 Å². The molecule has 0 aromatic rings. The van der Waals surface area contributed by atoms with Crippen molar-refractivity contribution in [3.8, 4) is 0 Å². The van der Waals surface area contributed by atoms with Gasteiger partial charge in [-0.05, 0) is 6.42 Å². The van der Waals surface area contributed by atoms with E-state index in [1.54, 1.807) is 0 Å². The molecular weight excluding hydrogens is 144 g/mol. The first kappa shape index (κ1) is 10.9. The van der Waals surface area contributed by atoms with Gasteiger partial charge < -0.3 is 15.3 Å². The predicted octanol–water partition coefficient (Wildman–Crippen LogP) is 0.978. The summed E-state index contributed by atoms with van der Waals surface area (Å²) in [5.41, 5.74) is 0. The molecular formula is C8H18O3. The highest BCUT2D eigenvalue weighted by molar-refractivity contribution is 4.49. The number of hydrogen-bond acceptors (Lipinski definition) is 3. The molecule has 0 radical (unpaired) electrons. The van der Waals surface area contributed by atoms with Gasteiger partial charge in [-0.1, -0.05) is 32.6 Å². The second kappa shape index (κ2) is 5.52. The van der Waals surface area contributed by atoms with E-state index in [-0.39, 0.29) is 6.42 Å². The van der Waals surface area contributed by atoms with E-state index >= 15 is 0 Å². The third kappa shape index (κ3) is 9.88. The Balaban J connectivity index is 3.02. The Morgan fingerprint density at radius 2 is 1.45 bits per heavy atom. The number of hydrogen-bond donors (Lipinski definition) is 3. The van der Waals surface area contributed by atoms with Gasteiger partial charge in [0.15, 0.2) is 0 Å². The summed E-state index contributed by atoms with van der Waals surface area (Å²) >= 11 is 0. The summed E-state index contributed by atoms with van der Waals surface area (Å²) in [6.45, 7) is 2.12. The second-order valence-corrected chi connectivity index (χ2v) is 2.94. The van der Waals surface area contributed by atoms with Gasteiger partial charge in [0.05, 0.1) is 0 Å². The highest BCUT2D eigenvalue weighted by Crippen LogP contribution is 2.10. The van der Waals surface area contributed by atoms with Crippen molar-refractivity contribution in [3.63, 3.8) is 0 Å². The average Bonchev–Trinajstić information content (AvgIpc) is 1.85. The lowest BCUT2D eigenvalue weighted by molar-refractivity contribution is -0.315. The number of aliphatic hydroxyl groups is 3. The lowest BCUT2D eigenvalue weighted by atomic mass is 10.1. The van der Waals surface area contributed by atoms with Crippen LogP contribution < -0.4 is 0 Å². The van der Waals surface area contributed by atoms with E-state index in [0.29, 0.717) is 6.42 Å². The van der Waals surface area contributed by atoms with E-state index in [1.165, 1.54) is 12.8 Å². The number of unbranched alkanes of at least 4 members (excludes halogenated alkanes) is 4. The first-order chi connectivity index (χ1) is 5.06. The zero-order valence-electron chi connectivity index (χ0n) is 7.08. The van der Waals surface area contributed by atoms with Crippen LogP contribution in [0.2, 0.25) is 0 Å². The molecule has 0 spiro atoms. The summed E-state index contributed by atoms with van der Waals surface area (Å²) in [4.78, 5) is 0. The van der Waals surface area contributed by atoms with E-state index in [4.69, 9.17) is 15.3 Å². The van der Waals surface area contributed by atoms with Crippen molar-refractivity contribution in [2.45, 2.75) is 51.4 Å². The first-order valence-corrected chi connectivity index (χ1v) is 4.23. The van der Waals surface area contributed by atoms with Gasteiger partial charge in [-0.2, -0.15) is 0 Å². The molecule has 0 aromatic carbocycles. The molecule has 0 rings (SSSR count). The van der Waals surface area contributed by atoms with Gasteiger partial charge in [-0.15, -0.1) is 0 Å². The summed E-state index contributed by atoms with van der Waals surface area (Å²) in [6.07, 6.45) is 5.13. The van der Waals surface area contributed by atoms with Crippen molar-refractivity contribution in [1.82, 2.24) is 0 Å². The topological polar surface area (TPSA) is 60.7 Å². The standard InChI is InChI=1S/C8H18O3/c1-2-3-4-5-6-7-8(9,10)11/h9-11H,2-7H2,1H3. The molecule has 3 nitrogen and oxygen atoms in total. The fourth-order valence-corrected chi connectivity index (χ4v) is 0.966. The Morgan fingerprint density at radius 3 is 1.91 bits per heavy atom. The molecule has 0 bridgehead atoms. The van der Waals surface area contributed by atoms with Crippen molar-refractivity contribution in [1.29, 1.82) is 0 Å². The molecule has 0 saturated heterocycles. The van der Waals surface area contributed by atoms with Crippen LogP contribution in [0.5, 0.6) is 0 Å². The quantitative estimate of drug-likeness (QED) is 0.403. The maximum absolute atomic E-state index is 8.49. The van der Waals surface area contributed by atoms with Crippen LogP contribution in [0.1, 0.15) is 45.4 Å². The molecule has 0 unspecified atom stereocenters. The molecule has 0 aliphatic rings. The minimum Gasteiger partial charge on any atom is -0.344 e. The van der Waals surface area contributed by atoms with Crippen LogP contribution in [0.25, 0.3) is 0 Å². The highest BCUT2D eigenvalue weighted by Gasteiger charge is 2.16. The van der Waals surface area contributed by atoms with E-state index in [2.05, 4.69) is 6.92 Å². The van der Waals surface area contributed by atoms with Crippen LogP contribution in [0, 0.1) is 0 Å². The predicted molar refractivity (Wildman–Crippen MR) is 42.8 cm³/mol. The van der Waals surface area contributed by atoms with Crippen molar-refractivity contribution in [3.05, 3.63) is 0 Å². The van der Waals surface area contributed by atoms with Crippen LogP contribution in [0.4, 0.5) is 0 Å². The lowest BCUT2D eigenvalue weighted by Crippen LogP contribution is -2.26. The first-order valence-electron chi connectivity index (χ1n) is 4.23. The van der Waals surface area contributed by atoms with Crippen LogP contribution in [0.15, 0.2) is 0 Å². The van der Waals surface area contributed by atoms with E-state index in [0.717, 1.165) is 12.8 Å². The number of rotatable bonds is 6. The molecule has 0 saturated carbocycles. The molecule has 3 heteroatoms. The molecule has 0 aliphatic carbocycles. The Bertz CT molecular complexity index is 85.8. The molecule has 0 aliphatic heterocycles. The summed E-state index contributed by atoms with van der Waals surface area (Å²) in [5, 5.41) is 25.5. The maximum atomic E-state index is 8.49. The largest absolute Gasteiger partial charge is 0.344 e. The van der Waals surface area contributed by atoms with E-state index in [9.17, 15) is 0 Å². The van der Waals surface area contributed by atoms with Gasteiger partial charge in [0, 0.05) is 6.42 Å². The fourth-order valence-electron chi connectivity index (χ4n) is 0.966. The zero-order valence-corrected chi connectivity index (χ0v) is 7.08. The van der Waals surface area contributed by atoms with Crippen molar-refractivity contribution in [2.24, 2.45) is 0 Å². The Labute approximate surface area is 67.7 Å². The smallest absolute Gasteiger partial charge is 0.275 e. The van der Waals surface area contributed by atoms with Crippen molar-refractivity contribution < 1.29 is 15.3 Å². The normalized spacial score (nSPS) is 12.0. The average molecular weight is 162 g/mol. The zero-order chi connectivity index (χ0) is 8.74. The molecule has 0 aromatic heterocycles. The molecule has 0 amide bonds. The lowest BCUT2D eigenvalue weighted by Gasteiger charge is -2.12. The van der Waals surface area contributed by atoms with Crippen molar-refractivity contribution in [2.75, 3.05) is 0 Å². The van der Waals surface area contributed by atoms with E-state index in [1.807, 2.05) is 0 Å². The second-order valence-electron chi connectivity index (χ2n) is 2.94. The van der Waals surface area contributed by atoms with Gasteiger partial charge in [0.2, 0.25) is 0 Å². The van der Waals surface area contributed by atoms with Crippen LogP contribution >= 0.6 is 0 Å². The SMILES string of the molecule is CCCCCCCC(O)(O)O. The Kier molecular flexibility index (Phi) is 5.46. The summed E-state index contributed by atoms with van der Waals surface area (Å²) in [7, 11) is 0. The molecule has 0 fully saturated rings. The molecule has 68 valence electrons. The third-order valence-corrected chi connectivity index (χ3v) is 1.62. The Morgan fingerprint density at radius 1 is 0.909 bits per heavy atom. The molecule has 3 N–H and O–H groups in total. The maximum Gasteiger partial charge on any atom is 0.275 e. The van der Waals surface area contributed by atoms with Crippen LogP contribution in [-0.2, 0) is 0 Å². The van der Waals surface area contributed by atoms with E-state index < -0.39 is 5.97 Å².